The smallest absolute Gasteiger partial charge is 0.222 e. The second-order valence-electron chi connectivity index (χ2n) is 6.05. The number of amides is 1. The van der Waals surface area contributed by atoms with Crippen LogP contribution in [0.4, 0.5) is 0 Å². The number of nitrogens with zero attached hydrogens (tertiary/aromatic N) is 3. The standard InChI is InChI=1S/C18H23N3O2/c1-15-12-21(13-17(23-15)16-6-3-2-4-7-16)18(22)8-5-10-20-11-9-19-14-20/h2-4,6-7,9,11,14-15,17H,5,8,10,12-13H2,1H3. The molecule has 2 unspecified atom stereocenters. The highest BCUT2D eigenvalue weighted by molar-refractivity contribution is 5.76. The Kier molecular flexibility index (Phi) is 5.08. The largest absolute Gasteiger partial charge is 0.367 e. The maximum absolute atomic E-state index is 12.5. The summed E-state index contributed by atoms with van der Waals surface area (Å²) in [5.41, 5.74) is 1.13. The molecule has 5 heteroatoms. The molecule has 1 amide bonds. The van der Waals surface area contributed by atoms with Crippen molar-refractivity contribution in [2.45, 2.75) is 38.5 Å². The summed E-state index contributed by atoms with van der Waals surface area (Å²) < 4.78 is 8.01. The molecule has 1 aromatic heterocycles. The molecule has 3 rings (SSSR count). The Hall–Kier alpha value is -2.14. The van der Waals surface area contributed by atoms with Gasteiger partial charge in [0.25, 0.3) is 0 Å². The highest BCUT2D eigenvalue weighted by atomic mass is 16.5. The number of hydrogen-bond donors (Lipinski definition) is 0. The van der Waals surface area contributed by atoms with E-state index in [2.05, 4.69) is 17.1 Å². The first-order chi connectivity index (χ1) is 11.2. The van der Waals surface area contributed by atoms with E-state index >= 15 is 0 Å². The molecule has 2 heterocycles. The van der Waals surface area contributed by atoms with Crippen LogP contribution in [0.25, 0.3) is 0 Å². The van der Waals surface area contributed by atoms with Gasteiger partial charge in [-0.2, -0.15) is 0 Å². The number of carbonyl (C=O) groups excluding carboxylic acids is 1. The average molecular weight is 313 g/mol. The quantitative estimate of drug-likeness (QED) is 0.852. The van der Waals surface area contributed by atoms with E-state index < -0.39 is 0 Å². The third-order valence-corrected chi connectivity index (χ3v) is 4.15. The van der Waals surface area contributed by atoms with Gasteiger partial charge in [0.1, 0.15) is 6.10 Å². The summed E-state index contributed by atoms with van der Waals surface area (Å²) >= 11 is 0. The molecule has 122 valence electrons. The molecule has 1 fully saturated rings. The van der Waals surface area contributed by atoms with Gasteiger partial charge in [-0.05, 0) is 18.9 Å². The lowest BCUT2D eigenvalue weighted by molar-refractivity contribution is -0.145. The van der Waals surface area contributed by atoms with E-state index in [9.17, 15) is 4.79 Å². The third kappa shape index (κ3) is 4.20. The fourth-order valence-corrected chi connectivity index (χ4v) is 3.00. The summed E-state index contributed by atoms with van der Waals surface area (Å²) in [6.07, 6.45) is 6.89. The lowest BCUT2D eigenvalue weighted by Gasteiger charge is -2.37. The highest BCUT2D eigenvalue weighted by Crippen LogP contribution is 2.25. The van der Waals surface area contributed by atoms with Crippen LogP contribution in [0.1, 0.15) is 31.4 Å². The van der Waals surface area contributed by atoms with E-state index in [0.717, 1.165) is 18.5 Å². The molecule has 0 bridgehead atoms. The predicted octanol–water partition coefficient (Wildman–Crippen LogP) is 2.65. The lowest BCUT2D eigenvalue weighted by Crippen LogP contribution is -2.45. The minimum absolute atomic E-state index is 0.0300. The van der Waals surface area contributed by atoms with E-state index in [4.69, 9.17) is 4.74 Å². The van der Waals surface area contributed by atoms with Crippen LogP contribution in [0.2, 0.25) is 0 Å². The Morgan fingerprint density at radius 1 is 1.30 bits per heavy atom. The Morgan fingerprint density at radius 2 is 2.13 bits per heavy atom. The summed E-state index contributed by atoms with van der Waals surface area (Å²) in [7, 11) is 0. The number of hydrogen-bond acceptors (Lipinski definition) is 3. The van der Waals surface area contributed by atoms with Gasteiger partial charge in [0.2, 0.25) is 5.91 Å². The summed E-state index contributed by atoms with van der Waals surface area (Å²) in [6, 6.07) is 10.1. The Labute approximate surface area is 136 Å². The number of morpholine rings is 1. The minimum Gasteiger partial charge on any atom is -0.367 e. The molecule has 1 aliphatic rings. The van der Waals surface area contributed by atoms with Crippen LogP contribution in [0.3, 0.4) is 0 Å². The first-order valence-electron chi connectivity index (χ1n) is 8.16. The summed E-state index contributed by atoms with van der Waals surface area (Å²) in [5.74, 6) is 0.209. The molecule has 2 atom stereocenters. The molecule has 23 heavy (non-hydrogen) atoms. The summed E-state index contributed by atoms with van der Waals surface area (Å²) in [6.45, 7) is 4.17. The van der Waals surface area contributed by atoms with Crippen molar-refractivity contribution in [1.29, 1.82) is 0 Å². The number of aryl methyl sites for hydroxylation is 1. The van der Waals surface area contributed by atoms with Crippen LogP contribution >= 0.6 is 0 Å². The van der Waals surface area contributed by atoms with Crippen molar-refractivity contribution in [3.05, 3.63) is 54.6 Å². The van der Waals surface area contributed by atoms with Gasteiger partial charge < -0.3 is 14.2 Å². The molecule has 0 aliphatic carbocycles. The van der Waals surface area contributed by atoms with Crippen LogP contribution in [0.15, 0.2) is 49.1 Å². The van der Waals surface area contributed by atoms with Gasteiger partial charge in [0, 0.05) is 31.9 Å². The molecule has 1 saturated heterocycles. The van der Waals surface area contributed by atoms with Crippen molar-refractivity contribution in [2.75, 3.05) is 13.1 Å². The Bertz CT molecular complexity index is 612. The number of ether oxygens (including phenoxy) is 1. The van der Waals surface area contributed by atoms with E-state index in [0.29, 0.717) is 19.5 Å². The van der Waals surface area contributed by atoms with Gasteiger partial charge in [-0.3, -0.25) is 4.79 Å². The van der Waals surface area contributed by atoms with Gasteiger partial charge in [-0.1, -0.05) is 30.3 Å². The molecule has 5 nitrogen and oxygen atoms in total. The van der Waals surface area contributed by atoms with E-state index in [1.807, 2.05) is 40.8 Å². The molecular weight excluding hydrogens is 290 g/mol. The van der Waals surface area contributed by atoms with Crippen molar-refractivity contribution in [3.8, 4) is 0 Å². The minimum atomic E-state index is -0.0300. The normalized spacial score (nSPS) is 21.3. The Balaban J connectivity index is 1.54. The van der Waals surface area contributed by atoms with Crippen LogP contribution < -0.4 is 0 Å². The maximum Gasteiger partial charge on any atom is 0.222 e. The van der Waals surface area contributed by atoms with E-state index in [-0.39, 0.29) is 18.1 Å². The highest BCUT2D eigenvalue weighted by Gasteiger charge is 2.28. The SMILES string of the molecule is CC1CN(C(=O)CCCn2ccnc2)CC(c2ccccc2)O1. The molecule has 1 aliphatic heterocycles. The van der Waals surface area contributed by atoms with Crippen molar-refractivity contribution < 1.29 is 9.53 Å². The number of imidazole rings is 1. The number of aromatic nitrogens is 2. The monoisotopic (exact) mass is 313 g/mol. The zero-order valence-corrected chi connectivity index (χ0v) is 13.5. The summed E-state index contributed by atoms with van der Waals surface area (Å²) in [5, 5.41) is 0. The van der Waals surface area contributed by atoms with Gasteiger partial charge in [0.05, 0.1) is 19.0 Å². The lowest BCUT2D eigenvalue weighted by atomic mass is 10.1. The Morgan fingerprint density at radius 3 is 2.87 bits per heavy atom. The van der Waals surface area contributed by atoms with Crippen LogP contribution in [-0.2, 0) is 16.1 Å². The molecule has 0 radical (unpaired) electrons. The van der Waals surface area contributed by atoms with Gasteiger partial charge in [-0.25, -0.2) is 4.98 Å². The van der Waals surface area contributed by atoms with Gasteiger partial charge >= 0.3 is 0 Å². The first kappa shape index (κ1) is 15.7. The maximum atomic E-state index is 12.5. The number of carbonyl (C=O) groups is 1. The number of rotatable bonds is 5. The van der Waals surface area contributed by atoms with Crippen molar-refractivity contribution >= 4 is 5.91 Å². The van der Waals surface area contributed by atoms with Gasteiger partial charge in [-0.15, -0.1) is 0 Å². The van der Waals surface area contributed by atoms with Crippen LogP contribution in [0.5, 0.6) is 0 Å². The molecule has 2 aromatic rings. The van der Waals surface area contributed by atoms with Crippen molar-refractivity contribution in [3.63, 3.8) is 0 Å². The molecule has 1 aromatic carbocycles. The predicted molar refractivity (Wildman–Crippen MR) is 87.8 cm³/mol. The molecule has 0 saturated carbocycles. The summed E-state index contributed by atoms with van der Waals surface area (Å²) in [4.78, 5) is 18.5. The topological polar surface area (TPSA) is 47.4 Å². The van der Waals surface area contributed by atoms with E-state index in [1.54, 1.807) is 12.5 Å². The van der Waals surface area contributed by atoms with Crippen LogP contribution in [-0.4, -0.2) is 39.6 Å². The van der Waals surface area contributed by atoms with Crippen molar-refractivity contribution in [2.24, 2.45) is 0 Å². The fraction of sp³-hybridized carbons (Fsp3) is 0.444. The third-order valence-electron chi connectivity index (χ3n) is 4.15. The second kappa shape index (κ2) is 7.42. The second-order valence-corrected chi connectivity index (χ2v) is 6.05. The molecule has 0 spiro atoms. The van der Waals surface area contributed by atoms with Gasteiger partial charge in [0.15, 0.2) is 0 Å². The number of benzene rings is 1. The zero-order valence-electron chi connectivity index (χ0n) is 13.5. The van der Waals surface area contributed by atoms with Crippen LogP contribution in [0, 0.1) is 0 Å². The zero-order chi connectivity index (χ0) is 16.1. The van der Waals surface area contributed by atoms with Crippen molar-refractivity contribution in [1.82, 2.24) is 14.5 Å². The fourth-order valence-electron chi connectivity index (χ4n) is 3.00. The first-order valence-corrected chi connectivity index (χ1v) is 8.16. The van der Waals surface area contributed by atoms with E-state index in [1.165, 1.54) is 0 Å². The molecule has 0 N–H and O–H groups in total. The molecular formula is C18H23N3O2. The average Bonchev–Trinajstić information content (AvgIpc) is 3.08.